The molecular weight excluding hydrogens is 196 g/mol. The second-order valence-electron chi connectivity index (χ2n) is 3.78. The largest absolute Gasteiger partial charge is 0.508 e. The smallest absolute Gasteiger partial charge is 0.314 e. The van der Waals surface area contributed by atoms with Gasteiger partial charge in [-0.2, -0.15) is 0 Å². The monoisotopic (exact) mass is 206 g/mol. The Bertz CT molecular complexity index is 432. The first kappa shape index (κ1) is 9.71. The molecule has 1 aromatic rings. The number of aldehydes is 1. The summed E-state index contributed by atoms with van der Waals surface area (Å²) in [5.41, 5.74) is -0.188. The Balaban J connectivity index is 2.56. The van der Waals surface area contributed by atoms with Gasteiger partial charge in [-0.3, -0.25) is 9.59 Å². The van der Waals surface area contributed by atoms with Crippen molar-refractivity contribution in [2.24, 2.45) is 0 Å². The average molecular weight is 206 g/mol. The van der Waals surface area contributed by atoms with E-state index >= 15 is 0 Å². The molecule has 1 saturated carbocycles. The molecule has 0 bridgehead atoms. The van der Waals surface area contributed by atoms with Crippen LogP contribution in [0.2, 0.25) is 0 Å². The van der Waals surface area contributed by atoms with Crippen LogP contribution in [0.3, 0.4) is 0 Å². The number of phenols is 1. The molecule has 0 radical (unpaired) electrons. The Morgan fingerprint density at radius 1 is 1.40 bits per heavy atom. The lowest BCUT2D eigenvalue weighted by Crippen LogP contribution is -2.21. The van der Waals surface area contributed by atoms with Gasteiger partial charge in [0, 0.05) is 5.56 Å². The van der Waals surface area contributed by atoms with Gasteiger partial charge in [0.05, 0.1) is 5.41 Å². The maximum atomic E-state index is 11.1. The number of hydrogen-bond donors (Lipinski definition) is 2. The molecule has 4 heteroatoms. The Morgan fingerprint density at radius 2 is 2.07 bits per heavy atom. The zero-order valence-electron chi connectivity index (χ0n) is 7.93. The lowest BCUT2D eigenvalue weighted by molar-refractivity contribution is -0.140. The molecule has 4 nitrogen and oxygen atoms in total. The topological polar surface area (TPSA) is 74.6 Å². The van der Waals surface area contributed by atoms with E-state index in [0.717, 1.165) is 0 Å². The predicted octanol–water partition coefficient (Wildman–Crippen LogP) is 1.32. The third-order valence-electron chi connectivity index (χ3n) is 2.84. The van der Waals surface area contributed by atoms with E-state index in [4.69, 9.17) is 5.11 Å². The molecule has 2 N–H and O–H groups in total. The molecule has 2 rings (SSSR count). The van der Waals surface area contributed by atoms with Gasteiger partial charge in [-0.15, -0.1) is 0 Å². The number of carbonyl (C=O) groups is 2. The Hall–Kier alpha value is -1.84. The van der Waals surface area contributed by atoms with Crippen LogP contribution in [-0.2, 0) is 10.2 Å². The molecule has 0 aromatic heterocycles. The van der Waals surface area contributed by atoms with Crippen molar-refractivity contribution in [3.63, 3.8) is 0 Å². The van der Waals surface area contributed by atoms with Crippen LogP contribution >= 0.6 is 0 Å². The van der Waals surface area contributed by atoms with E-state index in [2.05, 4.69) is 0 Å². The summed E-state index contributed by atoms with van der Waals surface area (Å²) in [7, 11) is 0. The van der Waals surface area contributed by atoms with Gasteiger partial charge in [-0.1, -0.05) is 0 Å². The van der Waals surface area contributed by atoms with Crippen LogP contribution in [0.4, 0.5) is 0 Å². The van der Waals surface area contributed by atoms with Crippen LogP contribution in [0.15, 0.2) is 18.2 Å². The molecule has 0 spiro atoms. The van der Waals surface area contributed by atoms with Crippen LogP contribution in [0.1, 0.15) is 28.8 Å². The van der Waals surface area contributed by atoms with E-state index in [0.29, 0.717) is 30.3 Å². The van der Waals surface area contributed by atoms with Gasteiger partial charge in [0.15, 0.2) is 0 Å². The highest BCUT2D eigenvalue weighted by Gasteiger charge is 2.52. The minimum Gasteiger partial charge on any atom is -0.508 e. The number of aliphatic carboxylic acids is 1. The van der Waals surface area contributed by atoms with Crippen molar-refractivity contribution in [3.05, 3.63) is 29.3 Å². The number of aromatic hydroxyl groups is 1. The fourth-order valence-corrected chi connectivity index (χ4v) is 1.78. The minimum atomic E-state index is -0.949. The molecule has 1 fully saturated rings. The van der Waals surface area contributed by atoms with Gasteiger partial charge in [-0.25, -0.2) is 0 Å². The Labute approximate surface area is 86.2 Å². The summed E-state index contributed by atoms with van der Waals surface area (Å²) in [6.45, 7) is 0. The van der Waals surface area contributed by atoms with Crippen molar-refractivity contribution in [2.45, 2.75) is 18.3 Å². The number of phenolic OH excluding ortho intramolecular Hbond substituents is 1. The first-order valence-electron chi connectivity index (χ1n) is 4.62. The van der Waals surface area contributed by atoms with Gasteiger partial charge in [0.2, 0.25) is 0 Å². The van der Waals surface area contributed by atoms with Gasteiger partial charge < -0.3 is 10.2 Å². The maximum Gasteiger partial charge on any atom is 0.314 e. The van der Waals surface area contributed by atoms with E-state index in [-0.39, 0.29) is 5.75 Å². The molecule has 0 aliphatic heterocycles. The summed E-state index contributed by atoms with van der Waals surface area (Å²) in [6, 6.07) is 4.19. The lowest BCUT2D eigenvalue weighted by Gasteiger charge is -2.12. The number of carboxylic acid groups (broad SMARTS) is 1. The van der Waals surface area contributed by atoms with Crippen LogP contribution < -0.4 is 0 Å². The lowest BCUT2D eigenvalue weighted by atomic mass is 9.91. The van der Waals surface area contributed by atoms with Crippen molar-refractivity contribution < 1.29 is 19.8 Å². The van der Waals surface area contributed by atoms with Crippen molar-refractivity contribution in [2.75, 3.05) is 0 Å². The molecule has 1 aliphatic carbocycles. The van der Waals surface area contributed by atoms with Gasteiger partial charge in [0.25, 0.3) is 0 Å². The maximum absolute atomic E-state index is 11.1. The first-order valence-corrected chi connectivity index (χ1v) is 4.62. The van der Waals surface area contributed by atoms with Crippen molar-refractivity contribution in [1.29, 1.82) is 0 Å². The normalized spacial score (nSPS) is 17.1. The number of hydrogen-bond acceptors (Lipinski definition) is 3. The van der Waals surface area contributed by atoms with E-state index in [1.807, 2.05) is 0 Å². The van der Waals surface area contributed by atoms with Crippen LogP contribution in [0.5, 0.6) is 5.75 Å². The van der Waals surface area contributed by atoms with Crippen molar-refractivity contribution in [1.82, 2.24) is 0 Å². The molecular formula is C11H10O4. The second kappa shape index (κ2) is 3.08. The Kier molecular flexibility index (Phi) is 2.00. The minimum absolute atomic E-state index is 0.0110. The van der Waals surface area contributed by atoms with Gasteiger partial charge >= 0.3 is 5.97 Å². The first-order chi connectivity index (χ1) is 7.10. The van der Waals surface area contributed by atoms with E-state index in [9.17, 15) is 14.7 Å². The zero-order valence-corrected chi connectivity index (χ0v) is 7.93. The predicted molar refractivity (Wildman–Crippen MR) is 52.0 cm³/mol. The Morgan fingerprint density at radius 3 is 2.53 bits per heavy atom. The second-order valence-corrected chi connectivity index (χ2v) is 3.78. The molecule has 0 amide bonds. The zero-order chi connectivity index (χ0) is 11.1. The summed E-state index contributed by atoms with van der Waals surface area (Å²) in [5, 5.41) is 18.4. The quantitative estimate of drug-likeness (QED) is 0.731. The SMILES string of the molecule is O=Cc1ccc(O)cc1C1(C(=O)O)CC1. The fourth-order valence-electron chi connectivity index (χ4n) is 1.78. The summed E-state index contributed by atoms with van der Waals surface area (Å²) < 4.78 is 0. The van der Waals surface area contributed by atoms with Crippen LogP contribution in [0.25, 0.3) is 0 Å². The van der Waals surface area contributed by atoms with Crippen LogP contribution in [-0.4, -0.2) is 22.5 Å². The molecule has 0 unspecified atom stereocenters. The van der Waals surface area contributed by atoms with E-state index in [1.165, 1.54) is 18.2 Å². The molecule has 78 valence electrons. The molecule has 15 heavy (non-hydrogen) atoms. The summed E-state index contributed by atoms with van der Waals surface area (Å²) >= 11 is 0. The third kappa shape index (κ3) is 1.38. The number of carbonyl (C=O) groups excluding carboxylic acids is 1. The standard InChI is InChI=1S/C11H10O4/c12-6-7-1-2-8(13)5-9(7)11(3-4-11)10(14)15/h1-2,5-6,13H,3-4H2,(H,14,15). The number of rotatable bonds is 3. The fraction of sp³-hybridized carbons (Fsp3) is 0.273. The van der Waals surface area contributed by atoms with Crippen molar-refractivity contribution >= 4 is 12.3 Å². The molecule has 0 atom stereocenters. The van der Waals surface area contributed by atoms with E-state index in [1.54, 1.807) is 0 Å². The van der Waals surface area contributed by atoms with Crippen LogP contribution in [0, 0.1) is 0 Å². The summed E-state index contributed by atoms with van der Waals surface area (Å²) in [5.74, 6) is -0.945. The molecule has 0 heterocycles. The highest BCUT2D eigenvalue weighted by Crippen LogP contribution is 2.50. The molecule has 1 aliphatic rings. The summed E-state index contributed by atoms with van der Waals surface area (Å²) in [6.07, 6.45) is 1.66. The number of carboxylic acids is 1. The van der Waals surface area contributed by atoms with Gasteiger partial charge in [-0.05, 0) is 36.6 Å². The number of benzene rings is 1. The average Bonchev–Trinajstić information content (AvgIpc) is 2.98. The van der Waals surface area contributed by atoms with Crippen molar-refractivity contribution in [3.8, 4) is 5.75 Å². The molecule has 0 saturated heterocycles. The molecule has 1 aromatic carbocycles. The van der Waals surface area contributed by atoms with Gasteiger partial charge in [0.1, 0.15) is 12.0 Å². The van der Waals surface area contributed by atoms with E-state index < -0.39 is 11.4 Å². The third-order valence-corrected chi connectivity index (χ3v) is 2.84. The highest BCUT2D eigenvalue weighted by molar-refractivity contribution is 5.90. The summed E-state index contributed by atoms with van der Waals surface area (Å²) in [4.78, 5) is 21.8. The highest BCUT2D eigenvalue weighted by atomic mass is 16.4.